The van der Waals surface area contributed by atoms with E-state index >= 15 is 0 Å². The molecule has 0 spiro atoms. The van der Waals surface area contributed by atoms with Crippen molar-refractivity contribution in [2.45, 2.75) is 329 Å². The van der Waals surface area contributed by atoms with Crippen molar-refractivity contribution in [3.05, 3.63) is 170 Å². The molecule has 108 heavy (non-hydrogen) atoms. The molecule has 0 fully saturated rings. The molecule has 0 bridgehead atoms. The molecule has 0 saturated heterocycles. The van der Waals surface area contributed by atoms with Crippen LogP contribution in [0.5, 0.6) is 0 Å². The molecule has 0 amide bonds. The summed E-state index contributed by atoms with van der Waals surface area (Å²) in [6.45, 7) is 4.52. The van der Waals surface area contributed by atoms with Crippen LogP contribution in [0.25, 0.3) is 0 Å². The summed E-state index contributed by atoms with van der Waals surface area (Å²) in [5, 5.41) is 10.7. The summed E-state index contributed by atoms with van der Waals surface area (Å²) in [6, 6.07) is 0. The van der Waals surface area contributed by atoms with E-state index in [0.717, 1.165) is 128 Å². The minimum absolute atomic E-state index is 0.00263. The molecule has 0 aromatic carbocycles. The first kappa shape index (κ1) is 102. The quantitative estimate of drug-likeness (QED) is 0.0169. The van der Waals surface area contributed by atoms with Crippen LogP contribution >= 0.6 is 15.6 Å². The Bertz CT molecular complexity index is 2710. The van der Waals surface area contributed by atoms with Gasteiger partial charge < -0.3 is 33.8 Å². The van der Waals surface area contributed by atoms with E-state index in [1.165, 1.54) is 89.9 Å². The van der Waals surface area contributed by atoms with Crippen molar-refractivity contribution in [1.82, 2.24) is 0 Å². The topological polar surface area (TPSA) is 237 Å². The standard InChI is InChI=1S/C89H146O17P2/c1-5-9-13-17-21-25-29-33-36-39-41-44-46-50-54-58-62-66-70-74-87(92)100-80-85(106-88(93)75-71-67-63-59-55-51-47-43-38-35-31-27-23-19-15-11-7-3)82-104-108(97,98)102-78-83(90)77-101-107(95,96)103-81-84(79-99-86(91)73-69-65-61-57-53-49-32-28-24-20-16-12-8-4)105-89(94)76-72-68-64-60-56-52-48-45-42-40-37-34-30-26-22-18-14-10-6-2/h10,14,21-23,25-27,33-38,41-42,44-45,47,50-52,54,56,59,62-63,66,83-85,90H,5-9,11-13,15-20,24,28-32,39-40,43,46,48-49,53,55,57-58,60-61,64-65,67-82H2,1-4H3,(H,95,96)(H,97,98)/b14-10-,25-21-,26-22-,27-23-,36-33-,37-34-,38-35-,44-41-,45-42-,51-47-,54-50-,56-52-,63-59-,66-62-/t83-,84+,85+/m0/s1. The second kappa shape index (κ2) is 79.5. The predicted octanol–water partition coefficient (Wildman–Crippen LogP) is 24.6. The van der Waals surface area contributed by atoms with Gasteiger partial charge >= 0.3 is 39.5 Å². The Kier molecular flexibility index (Phi) is 75.4. The van der Waals surface area contributed by atoms with Gasteiger partial charge in [-0.15, -0.1) is 0 Å². The molecular formula is C89H146O17P2. The molecule has 0 aliphatic rings. The summed E-state index contributed by atoms with van der Waals surface area (Å²) in [4.78, 5) is 73.1. The van der Waals surface area contributed by atoms with Gasteiger partial charge in [0.1, 0.15) is 19.3 Å². The lowest BCUT2D eigenvalue weighted by molar-refractivity contribution is -0.161. The zero-order valence-electron chi connectivity index (χ0n) is 67.2. The molecule has 0 aromatic heterocycles. The van der Waals surface area contributed by atoms with Gasteiger partial charge in [0.25, 0.3) is 0 Å². The first-order valence-corrected chi connectivity index (χ1v) is 44.4. The van der Waals surface area contributed by atoms with Crippen LogP contribution in [0, 0.1) is 0 Å². The normalized spacial score (nSPS) is 14.7. The molecule has 0 aromatic rings. The summed E-state index contributed by atoms with van der Waals surface area (Å²) in [5.41, 5.74) is 0. The number of ether oxygens (including phenoxy) is 4. The smallest absolute Gasteiger partial charge is 0.462 e. The minimum Gasteiger partial charge on any atom is -0.462 e. The number of aliphatic hydroxyl groups excluding tert-OH is 1. The zero-order chi connectivity index (χ0) is 78.9. The molecule has 0 rings (SSSR count). The Balaban J connectivity index is 5.53. The van der Waals surface area contributed by atoms with Gasteiger partial charge in [0.15, 0.2) is 12.2 Å². The van der Waals surface area contributed by atoms with Crippen molar-refractivity contribution in [3.63, 3.8) is 0 Å². The maximum atomic E-state index is 13.1. The molecule has 2 unspecified atom stereocenters. The molecule has 5 atom stereocenters. The number of esters is 4. The second-order valence-electron chi connectivity index (χ2n) is 27.0. The van der Waals surface area contributed by atoms with Crippen molar-refractivity contribution in [3.8, 4) is 0 Å². The van der Waals surface area contributed by atoms with Crippen LogP contribution in [0.4, 0.5) is 0 Å². The lowest BCUT2D eigenvalue weighted by Gasteiger charge is -2.21. The van der Waals surface area contributed by atoms with Crippen molar-refractivity contribution in [1.29, 1.82) is 0 Å². The van der Waals surface area contributed by atoms with Gasteiger partial charge in [-0.25, -0.2) is 9.13 Å². The average molecular weight is 1550 g/mol. The molecule has 0 aliphatic carbocycles. The number of carbonyl (C=O) groups excluding carboxylic acids is 4. The van der Waals surface area contributed by atoms with Crippen molar-refractivity contribution in [2.75, 3.05) is 39.6 Å². The van der Waals surface area contributed by atoms with E-state index in [0.29, 0.717) is 38.5 Å². The summed E-state index contributed by atoms with van der Waals surface area (Å²) in [5.74, 6) is -2.38. The van der Waals surface area contributed by atoms with E-state index in [4.69, 9.17) is 37.0 Å². The number of allylic oxidation sites excluding steroid dienone is 28. The Labute approximate surface area is 654 Å². The van der Waals surface area contributed by atoms with Gasteiger partial charge in [-0.2, -0.15) is 0 Å². The lowest BCUT2D eigenvalue weighted by Crippen LogP contribution is -2.30. The Morgan fingerprint density at radius 1 is 0.269 bits per heavy atom. The van der Waals surface area contributed by atoms with E-state index in [-0.39, 0.29) is 25.7 Å². The van der Waals surface area contributed by atoms with Gasteiger partial charge in [-0.05, 0) is 148 Å². The Hall–Kier alpha value is -5.58. The van der Waals surface area contributed by atoms with Crippen LogP contribution in [-0.4, -0.2) is 96.7 Å². The molecule has 3 N–H and O–H groups in total. The number of phosphoric ester groups is 2. The number of hydrogen-bond acceptors (Lipinski definition) is 15. The molecular weight excluding hydrogens is 1400 g/mol. The number of rotatable bonds is 76. The molecule has 0 heterocycles. The fraction of sp³-hybridized carbons (Fsp3) is 0.640. The van der Waals surface area contributed by atoms with Gasteiger partial charge in [0, 0.05) is 25.7 Å². The van der Waals surface area contributed by atoms with E-state index in [1.54, 1.807) is 0 Å². The SMILES string of the molecule is CC/C=C\C/C=C\C/C=C\C/C=C\C/C=C\CCCCCC(=O)O[C@H](COC(=O)CCCCCCCCCCCCCCC)COP(=O)(O)OC[C@H](O)COP(=O)(O)OC[C@@H](COC(=O)CC/C=C\C/C=C\C/C=C\C/C=C\C/C=C\CCCCC)OC(=O)CCC/C=C\C/C=C\C/C=C\C/C=C\CCCCC. The first-order valence-electron chi connectivity index (χ1n) is 41.4. The number of aliphatic hydroxyl groups is 1. The highest BCUT2D eigenvalue weighted by Gasteiger charge is 2.30. The number of phosphoric acid groups is 2. The summed E-state index contributed by atoms with van der Waals surface area (Å²) < 4.78 is 68.5. The number of unbranched alkanes of at least 4 members (excludes halogenated alkanes) is 22. The van der Waals surface area contributed by atoms with Crippen LogP contribution in [0.2, 0.25) is 0 Å². The number of hydrogen-bond donors (Lipinski definition) is 3. The maximum absolute atomic E-state index is 13.1. The fourth-order valence-electron chi connectivity index (χ4n) is 10.4. The molecule has 614 valence electrons. The van der Waals surface area contributed by atoms with Crippen LogP contribution in [0.3, 0.4) is 0 Å². The molecule has 0 radical (unpaired) electrons. The number of carbonyl (C=O) groups is 4. The highest BCUT2D eigenvalue weighted by atomic mass is 31.2. The van der Waals surface area contributed by atoms with Crippen LogP contribution < -0.4 is 0 Å². The molecule has 0 saturated carbocycles. The van der Waals surface area contributed by atoms with Crippen molar-refractivity contribution < 1.29 is 80.2 Å². The van der Waals surface area contributed by atoms with Crippen LogP contribution in [0.15, 0.2) is 170 Å². The third kappa shape index (κ3) is 78.5. The van der Waals surface area contributed by atoms with Crippen LogP contribution in [-0.2, 0) is 65.4 Å². The third-order valence-corrected chi connectivity index (χ3v) is 18.6. The third-order valence-electron chi connectivity index (χ3n) is 16.7. The first-order chi connectivity index (χ1) is 52.7. The summed E-state index contributed by atoms with van der Waals surface area (Å²) in [6.07, 6.45) is 94.9. The summed E-state index contributed by atoms with van der Waals surface area (Å²) in [7, 11) is -10.0. The zero-order valence-corrected chi connectivity index (χ0v) is 69.0. The Morgan fingerprint density at radius 3 is 0.852 bits per heavy atom. The maximum Gasteiger partial charge on any atom is 0.472 e. The minimum atomic E-state index is -5.02. The molecule has 0 aliphatic heterocycles. The Morgan fingerprint density at radius 2 is 0.509 bits per heavy atom. The van der Waals surface area contributed by atoms with Gasteiger partial charge in [0.05, 0.1) is 26.4 Å². The van der Waals surface area contributed by atoms with Crippen molar-refractivity contribution in [2.24, 2.45) is 0 Å². The van der Waals surface area contributed by atoms with Gasteiger partial charge in [-0.3, -0.25) is 37.3 Å². The van der Waals surface area contributed by atoms with E-state index in [2.05, 4.69) is 167 Å². The van der Waals surface area contributed by atoms with E-state index < -0.39 is 97.5 Å². The van der Waals surface area contributed by atoms with E-state index in [9.17, 15) is 43.2 Å². The van der Waals surface area contributed by atoms with E-state index in [1.807, 2.05) is 30.4 Å². The fourth-order valence-corrected chi connectivity index (χ4v) is 12.0. The van der Waals surface area contributed by atoms with Crippen LogP contribution in [0.1, 0.15) is 310 Å². The molecule has 17 nitrogen and oxygen atoms in total. The monoisotopic (exact) mass is 1550 g/mol. The van der Waals surface area contributed by atoms with Crippen molar-refractivity contribution >= 4 is 39.5 Å². The highest BCUT2D eigenvalue weighted by molar-refractivity contribution is 7.47. The lowest BCUT2D eigenvalue weighted by atomic mass is 10.0. The predicted molar refractivity (Wildman–Crippen MR) is 445 cm³/mol. The highest BCUT2D eigenvalue weighted by Crippen LogP contribution is 2.45. The average Bonchev–Trinajstić information content (AvgIpc) is 0.907. The van der Waals surface area contributed by atoms with Gasteiger partial charge in [0.2, 0.25) is 0 Å². The van der Waals surface area contributed by atoms with Gasteiger partial charge in [-0.1, -0.05) is 307 Å². The second-order valence-corrected chi connectivity index (χ2v) is 29.9. The largest absolute Gasteiger partial charge is 0.472 e. The summed E-state index contributed by atoms with van der Waals surface area (Å²) >= 11 is 0. The molecule has 19 heteroatoms.